The molecule has 2 unspecified atom stereocenters. The van der Waals surface area contributed by atoms with Gasteiger partial charge in [-0.1, -0.05) is 19.1 Å². The second kappa shape index (κ2) is 7.95. The van der Waals surface area contributed by atoms with E-state index in [0.29, 0.717) is 12.1 Å². The number of benzene rings is 1. The average molecular weight is 289 g/mol. The molecular formula is C19H31NO. The van der Waals surface area contributed by atoms with Crippen molar-refractivity contribution in [2.24, 2.45) is 0 Å². The molecule has 1 saturated heterocycles. The lowest BCUT2D eigenvalue weighted by Gasteiger charge is -2.26. The molecule has 0 aromatic heterocycles. The number of nitrogens with one attached hydrogen (secondary N) is 1. The van der Waals surface area contributed by atoms with Gasteiger partial charge in [-0.25, -0.2) is 0 Å². The maximum absolute atomic E-state index is 5.89. The Kier molecular flexibility index (Phi) is 6.25. The second-order valence-corrected chi connectivity index (χ2v) is 6.47. The molecule has 1 heterocycles. The van der Waals surface area contributed by atoms with Crippen molar-refractivity contribution in [1.82, 2.24) is 5.32 Å². The van der Waals surface area contributed by atoms with Gasteiger partial charge < -0.3 is 10.1 Å². The van der Waals surface area contributed by atoms with Crippen LogP contribution in [0.3, 0.4) is 0 Å². The summed E-state index contributed by atoms with van der Waals surface area (Å²) in [5.74, 6) is 0. The molecule has 1 N–H and O–H groups in total. The predicted octanol–water partition coefficient (Wildman–Crippen LogP) is 4.61. The lowest BCUT2D eigenvalue weighted by molar-refractivity contribution is 0.00855. The van der Waals surface area contributed by atoms with Crippen LogP contribution in [0.25, 0.3) is 0 Å². The molecule has 0 saturated carbocycles. The predicted molar refractivity (Wildman–Crippen MR) is 89.9 cm³/mol. The van der Waals surface area contributed by atoms with Gasteiger partial charge in [-0.05, 0) is 81.7 Å². The first-order chi connectivity index (χ1) is 10.1. The van der Waals surface area contributed by atoms with E-state index in [-0.39, 0.29) is 0 Å². The van der Waals surface area contributed by atoms with E-state index in [9.17, 15) is 0 Å². The molecule has 2 atom stereocenters. The average Bonchev–Trinajstić information content (AvgIpc) is 2.48. The van der Waals surface area contributed by atoms with Crippen LogP contribution in [0, 0.1) is 20.8 Å². The van der Waals surface area contributed by atoms with Crippen molar-refractivity contribution in [2.45, 2.75) is 71.9 Å². The molecule has 0 amide bonds. The van der Waals surface area contributed by atoms with Gasteiger partial charge in [-0.2, -0.15) is 0 Å². The number of hydrogen-bond acceptors (Lipinski definition) is 2. The maximum Gasteiger partial charge on any atom is 0.0575 e. The van der Waals surface area contributed by atoms with Crippen LogP contribution in [0.15, 0.2) is 12.1 Å². The summed E-state index contributed by atoms with van der Waals surface area (Å²) in [6.07, 6.45) is 6.63. The smallest absolute Gasteiger partial charge is 0.0575 e. The Morgan fingerprint density at radius 1 is 1.14 bits per heavy atom. The fourth-order valence-corrected chi connectivity index (χ4v) is 3.36. The van der Waals surface area contributed by atoms with Crippen LogP contribution < -0.4 is 5.32 Å². The summed E-state index contributed by atoms with van der Waals surface area (Å²) >= 11 is 0. The zero-order valence-corrected chi connectivity index (χ0v) is 14.2. The lowest BCUT2D eigenvalue weighted by atomic mass is 9.91. The molecular weight excluding hydrogens is 258 g/mol. The summed E-state index contributed by atoms with van der Waals surface area (Å²) in [7, 11) is 0. The number of hydrogen-bond donors (Lipinski definition) is 1. The highest BCUT2D eigenvalue weighted by atomic mass is 16.5. The van der Waals surface area contributed by atoms with Crippen molar-refractivity contribution in [3.05, 3.63) is 34.4 Å². The van der Waals surface area contributed by atoms with Gasteiger partial charge >= 0.3 is 0 Å². The van der Waals surface area contributed by atoms with E-state index in [1.54, 1.807) is 0 Å². The lowest BCUT2D eigenvalue weighted by Crippen LogP contribution is -2.25. The molecule has 1 aliphatic heterocycles. The third-order valence-electron chi connectivity index (χ3n) is 4.76. The molecule has 0 bridgehead atoms. The van der Waals surface area contributed by atoms with Crippen molar-refractivity contribution < 1.29 is 4.74 Å². The molecule has 2 rings (SSSR count). The van der Waals surface area contributed by atoms with Gasteiger partial charge in [0.25, 0.3) is 0 Å². The highest BCUT2D eigenvalue weighted by Crippen LogP contribution is 2.27. The fraction of sp³-hybridized carbons (Fsp3) is 0.684. The molecule has 118 valence electrons. The Bertz CT molecular complexity index is 449. The van der Waals surface area contributed by atoms with Crippen LogP contribution in [0.5, 0.6) is 0 Å². The SMILES string of the molecule is CCNC(CCC1CCCCO1)c1cc(C)c(C)cc1C. The van der Waals surface area contributed by atoms with E-state index in [0.717, 1.165) is 13.2 Å². The van der Waals surface area contributed by atoms with Gasteiger partial charge in [0.2, 0.25) is 0 Å². The Labute approximate surface area is 130 Å². The normalized spacial score (nSPS) is 20.5. The molecule has 1 fully saturated rings. The van der Waals surface area contributed by atoms with Crippen LogP contribution in [-0.4, -0.2) is 19.3 Å². The van der Waals surface area contributed by atoms with E-state index >= 15 is 0 Å². The van der Waals surface area contributed by atoms with Crippen molar-refractivity contribution in [2.75, 3.05) is 13.2 Å². The topological polar surface area (TPSA) is 21.3 Å². The molecule has 0 aliphatic carbocycles. The molecule has 2 heteroatoms. The summed E-state index contributed by atoms with van der Waals surface area (Å²) in [4.78, 5) is 0. The highest BCUT2D eigenvalue weighted by molar-refractivity contribution is 5.38. The second-order valence-electron chi connectivity index (χ2n) is 6.47. The molecule has 21 heavy (non-hydrogen) atoms. The van der Waals surface area contributed by atoms with E-state index in [4.69, 9.17) is 4.74 Å². The maximum atomic E-state index is 5.89. The Hall–Kier alpha value is -0.860. The zero-order valence-electron chi connectivity index (χ0n) is 14.2. The standard InChI is InChI=1S/C19H31NO/c1-5-20-19(10-9-17-8-6-7-11-21-17)18-13-15(3)14(2)12-16(18)4/h12-13,17,19-20H,5-11H2,1-4H3. The van der Waals surface area contributed by atoms with E-state index in [2.05, 4.69) is 45.1 Å². The first-order valence-corrected chi connectivity index (χ1v) is 8.54. The van der Waals surface area contributed by atoms with Crippen LogP contribution in [0.1, 0.15) is 67.3 Å². The molecule has 1 aromatic carbocycles. The van der Waals surface area contributed by atoms with Gasteiger partial charge in [0.05, 0.1) is 6.10 Å². The van der Waals surface area contributed by atoms with Crippen LogP contribution in [-0.2, 0) is 4.74 Å². The van der Waals surface area contributed by atoms with Gasteiger partial charge in [-0.3, -0.25) is 0 Å². The van der Waals surface area contributed by atoms with Gasteiger partial charge in [0.1, 0.15) is 0 Å². The van der Waals surface area contributed by atoms with E-state index in [1.165, 1.54) is 54.4 Å². The molecule has 1 aliphatic rings. The van der Waals surface area contributed by atoms with E-state index in [1.807, 2.05) is 0 Å². The number of aryl methyl sites for hydroxylation is 3. The number of rotatable bonds is 6. The van der Waals surface area contributed by atoms with Crippen LogP contribution in [0.4, 0.5) is 0 Å². The molecule has 0 spiro atoms. The van der Waals surface area contributed by atoms with Crippen molar-refractivity contribution in [1.29, 1.82) is 0 Å². The summed E-state index contributed by atoms with van der Waals surface area (Å²) in [6.45, 7) is 10.8. The van der Waals surface area contributed by atoms with Gasteiger partial charge in [0.15, 0.2) is 0 Å². The molecule has 1 aromatic rings. The fourth-order valence-electron chi connectivity index (χ4n) is 3.36. The first kappa shape index (κ1) is 16.5. The minimum Gasteiger partial charge on any atom is -0.378 e. The van der Waals surface area contributed by atoms with Crippen molar-refractivity contribution in [3.8, 4) is 0 Å². The first-order valence-electron chi connectivity index (χ1n) is 8.54. The van der Waals surface area contributed by atoms with Gasteiger partial charge in [-0.15, -0.1) is 0 Å². The van der Waals surface area contributed by atoms with Gasteiger partial charge in [0, 0.05) is 12.6 Å². The largest absolute Gasteiger partial charge is 0.378 e. The molecule has 2 nitrogen and oxygen atoms in total. The van der Waals surface area contributed by atoms with Crippen molar-refractivity contribution in [3.63, 3.8) is 0 Å². The number of ether oxygens (including phenoxy) is 1. The monoisotopic (exact) mass is 289 g/mol. The quantitative estimate of drug-likeness (QED) is 0.825. The van der Waals surface area contributed by atoms with Crippen molar-refractivity contribution >= 4 is 0 Å². The summed E-state index contributed by atoms with van der Waals surface area (Å²) in [5.41, 5.74) is 5.67. The summed E-state index contributed by atoms with van der Waals surface area (Å²) < 4.78 is 5.89. The van der Waals surface area contributed by atoms with Crippen LogP contribution in [0.2, 0.25) is 0 Å². The summed E-state index contributed by atoms with van der Waals surface area (Å²) in [5, 5.41) is 3.67. The summed E-state index contributed by atoms with van der Waals surface area (Å²) in [6, 6.07) is 5.16. The minimum atomic E-state index is 0.458. The minimum absolute atomic E-state index is 0.458. The Morgan fingerprint density at radius 2 is 1.90 bits per heavy atom. The highest BCUT2D eigenvalue weighted by Gasteiger charge is 2.19. The third-order valence-corrected chi connectivity index (χ3v) is 4.76. The zero-order chi connectivity index (χ0) is 15.2. The third kappa shape index (κ3) is 4.55. The molecule has 0 radical (unpaired) electrons. The van der Waals surface area contributed by atoms with E-state index < -0.39 is 0 Å². The Balaban J connectivity index is 2.05. The van der Waals surface area contributed by atoms with Crippen LogP contribution >= 0.6 is 0 Å². The Morgan fingerprint density at radius 3 is 2.57 bits per heavy atom.